The van der Waals surface area contributed by atoms with Crippen LogP contribution in [-0.2, 0) is 0 Å². The number of nitrogens with one attached hydrogen (secondary N) is 1. The van der Waals surface area contributed by atoms with Gasteiger partial charge < -0.3 is 10.0 Å². The van der Waals surface area contributed by atoms with E-state index in [-0.39, 0.29) is 12.5 Å². The lowest BCUT2D eigenvalue weighted by molar-refractivity contribution is 0.0713. The summed E-state index contributed by atoms with van der Waals surface area (Å²) in [5.41, 5.74) is 1.39. The third-order valence-corrected chi connectivity index (χ3v) is 2.88. The Hall–Kier alpha value is -1.36. The molecule has 0 aliphatic rings. The first kappa shape index (κ1) is 14.7. The van der Waals surface area contributed by atoms with E-state index in [1.165, 1.54) is 0 Å². The maximum Gasteiger partial charge on any atom is 0.274 e. The van der Waals surface area contributed by atoms with Crippen molar-refractivity contribution in [3.8, 4) is 0 Å². The van der Waals surface area contributed by atoms with E-state index in [0.29, 0.717) is 24.7 Å². The summed E-state index contributed by atoms with van der Waals surface area (Å²) in [6, 6.07) is 1.79. The van der Waals surface area contributed by atoms with Crippen LogP contribution >= 0.6 is 0 Å². The van der Waals surface area contributed by atoms with Crippen molar-refractivity contribution >= 4 is 5.91 Å². The Morgan fingerprint density at radius 1 is 1.50 bits per heavy atom. The largest absolute Gasteiger partial charge is 0.395 e. The molecule has 0 unspecified atom stereocenters. The molecule has 1 amide bonds. The quantitative estimate of drug-likeness (QED) is 0.778. The zero-order valence-electron chi connectivity index (χ0n) is 11.4. The predicted molar refractivity (Wildman–Crippen MR) is 70.6 cm³/mol. The standard InChI is InChI=1S/C13H23N3O2/c1-4-5-6-16(7-8-17)13(18)12-9-11(10(2)3)14-15-12/h9-10,17H,4-8H2,1-3H3,(H,14,15). The highest BCUT2D eigenvalue weighted by Crippen LogP contribution is 2.13. The molecule has 0 aromatic carbocycles. The third kappa shape index (κ3) is 3.84. The lowest BCUT2D eigenvalue weighted by atomic mass is 10.1. The molecule has 5 nitrogen and oxygen atoms in total. The number of aromatic nitrogens is 2. The molecule has 0 spiro atoms. The summed E-state index contributed by atoms with van der Waals surface area (Å²) in [6.45, 7) is 7.18. The minimum Gasteiger partial charge on any atom is -0.395 e. The normalized spacial score (nSPS) is 10.9. The van der Waals surface area contributed by atoms with E-state index in [0.717, 1.165) is 18.5 Å². The molecule has 0 fully saturated rings. The maximum atomic E-state index is 12.2. The second-order valence-electron chi connectivity index (χ2n) is 4.73. The third-order valence-electron chi connectivity index (χ3n) is 2.88. The molecule has 0 aliphatic carbocycles. The van der Waals surface area contributed by atoms with Crippen LogP contribution in [0.1, 0.15) is 55.7 Å². The van der Waals surface area contributed by atoms with Crippen molar-refractivity contribution in [1.29, 1.82) is 0 Å². The SMILES string of the molecule is CCCCN(CCO)C(=O)c1cc(C(C)C)[nH]n1. The summed E-state index contributed by atoms with van der Waals surface area (Å²) < 4.78 is 0. The molecule has 0 bridgehead atoms. The van der Waals surface area contributed by atoms with E-state index < -0.39 is 0 Å². The molecule has 1 aromatic rings. The highest BCUT2D eigenvalue weighted by Gasteiger charge is 2.18. The number of carbonyl (C=O) groups is 1. The number of H-pyrrole nitrogens is 1. The number of aromatic amines is 1. The lowest BCUT2D eigenvalue weighted by Crippen LogP contribution is -2.34. The Labute approximate surface area is 108 Å². The average Bonchev–Trinajstić information content (AvgIpc) is 2.83. The molecule has 102 valence electrons. The zero-order valence-corrected chi connectivity index (χ0v) is 11.4. The highest BCUT2D eigenvalue weighted by atomic mass is 16.3. The van der Waals surface area contributed by atoms with Gasteiger partial charge in [-0.3, -0.25) is 9.89 Å². The van der Waals surface area contributed by atoms with Crippen LogP contribution in [0.25, 0.3) is 0 Å². The molecule has 2 N–H and O–H groups in total. The molecular weight excluding hydrogens is 230 g/mol. The molecule has 0 aliphatic heterocycles. The summed E-state index contributed by atoms with van der Waals surface area (Å²) in [7, 11) is 0. The fourth-order valence-electron chi connectivity index (χ4n) is 1.69. The average molecular weight is 253 g/mol. The maximum absolute atomic E-state index is 12.2. The summed E-state index contributed by atoms with van der Waals surface area (Å²) in [5.74, 6) is 0.210. The Kier molecular flexibility index (Phi) is 5.85. The first-order valence-electron chi connectivity index (χ1n) is 6.55. The van der Waals surface area contributed by atoms with Gasteiger partial charge in [0.15, 0.2) is 0 Å². The van der Waals surface area contributed by atoms with Gasteiger partial charge in [0.1, 0.15) is 5.69 Å². The number of unbranched alkanes of at least 4 members (excludes halogenated alkanes) is 1. The van der Waals surface area contributed by atoms with Crippen molar-refractivity contribution in [2.45, 2.75) is 39.5 Å². The van der Waals surface area contributed by atoms with E-state index >= 15 is 0 Å². The fourth-order valence-corrected chi connectivity index (χ4v) is 1.69. The van der Waals surface area contributed by atoms with Gasteiger partial charge in [-0.1, -0.05) is 27.2 Å². The highest BCUT2D eigenvalue weighted by molar-refractivity contribution is 5.92. The summed E-state index contributed by atoms with van der Waals surface area (Å²) >= 11 is 0. The van der Waals surface area contributed by atoms with Crippen LogP contribution in [-0.4, -0.2) is 45.8 Å². The van der Waals surface area contributed by atoms with Crippen LogP contribution in [0.3, 0.4) is 0 Å². The van der Waals surface area contributed by atoms with Gasteiger partial charge in [0.05, 0.1) is 6.61 Å². The van der Waals surface area contributed by atoms with Crippen LogP contribution in [0.5, 0.6) is 0 Å². The van der Waals surface area contributed by atoms with Gasteiger partial charge in [-0.15, -0.1) is 0 Å². The zero-order chi connectivity index (χ0) is 13.5. The van der Waals surface area contributed by atoms with Gasteiger partial charge in [-0.25, -0.2) is 0 Å². The van der Waals surface area contributed by atoms with Crippen LogP contribution in [0.4, 0.5) is 0 Å². The van der Waals surface area contributed by atoms with Gasteiger partial charge in [-0.2, -0.15) is 5.10 Å². The number of amides is 1. The Bertz CT molecular complexity index is 374. The number of nitrogens with zero attached hydrogens (tertiary/aromatic N) is 2. The van der Waals surface area contributed by atoms with Crippen LogP contribution in [0.15, 0.2) is 6.07 Å². The summed E-state index contributed by atoms with van der Waals surface area (Å²) in [4.78, 5) is 13.9. The predicted octanol–water partition coefficient (Wildman–Crippen LogP) is 1.77. The molecule has 0 saturated carbocycles. The Morgan fingerprint density at radius 2 is 2.22 bits per heavy atom. The number of hydrogen-bond acceptors (Lipinski definition) is 3. The van der Waals surface area contributed by atoms with Gasteiger partial charge >= 0.3 is 0 Å². The summed E-state index contributed by atoms with van der Waals surface area (Å²) in [5, 5.41) is 15.9. The van der Waals surface area contributed by atoms with E-state index in [1.54, 1.807) is 11.0 Å². The monoisotopic (exact) mass is 253 g/mol. The van der Waals surface area contributed by atoms with Gasteiger partial charge in [0.2, 0.25) is 0 Å². The molecule has 0 radical (unpaired) electrons. The van der Waals surface area contributed by atoms with Crippen molar-refractivity contribution in [1.82, 2.24) is 15.1 Å². The first-order valence-corrected chi connectivity index (χ1v) is 6.55. The number of aliphatic hydroxyl groups excluding tert-OH is 1. The van der Waals surface area contributed by atoms with Crippen LogP contribution in [0.2, 0.25) is 0 Å². The summed E-state index contributed by atoms with van der Waals surface area (Å²) in [6.07, 6.45) is 1.96. The van der Waals surface area contributed by atoms with Gasteiger partial charge in [-0.05, 0) is 18.4 Å². The molecule has 0 saturated heterocycles. The van der Waals surface area contributed by atoms with Crippen molar-refractivity contribution in [2.24, 2.45) is 0 Å². The molecule has 1 heterocycles. The minimum atomic E-state index is -0.111. The van der Waals surface area contributed by atoms with Crippen molar-refractivity contribution in [3.05, 3.63) is 17.5 Å². The molecular formula is C13H23N3O2. The number of aliphatic hydroxyl groups is 1. The van der Waals surface area contributed by atoms with Crippen molar-refractivity contribution < 1.29 is 9.90 Å². The fraction of sp³-hybridized carbons (Fsp3) is 0.692. The van der Waals surface area contributed by atoms with Crippen molar-refractivity contribution in [2.75, 3.05) is 19.7 Å². The Morgan fingerprint density at radius 3 is 2.72 bits per heavy atom. The molecule has 1 aromatic heterocycles. The second-order valence-corrected chi connectivity index (χ2v) is 4.73. The van der Waals surface area contributed by atoms with E-state index in [4.69, 9.17) is 5.11 Å². The van der Waals surface area contributed by atoms with Crippen molar-refractivity contribution in [3.63, 3.8) is 0 Å². The van der Waals surface area contributed by atoms with Crippen LogP contribution < -0.4 is 0 Å². The van der Waals surface area contributed by atoms with Gasteiger partial charge in [0.25, 0.3) is 5.91 Å². The molecule has 1 rings (SSSR count). The van der Waals surface area contributed by atoms with Gasteiger partial charge in [0, 0.05) is 18.8 Å². The number of hydrogen-bond donors (Lipinski definition) is 2. The Balaban J connectivity index is 2.74. The first-order chi connectivity index (χ1) is 8.60. The van der Waals surface area contributed by atoms with Crippen LogP contribution in [0, 0.1) is 0 Å². The molecule has 0 atom stereocenters. The topological polar surface area (TPSA) is 69.2 Å². The molecule has 5 heteroatoms. The number of carbonyl (C=O) groups excluding carboxylic acids is 1. The lowest BCUT2D eigenvalue weighted by Gasteiger charge is -2.20. The van der Waals surface area contributed by atoms with E-state index in [2.05, 4.69) is 17.1 Å². The smallest absolute Gasteiger partial charge is 0.274 e. The number of rotatable bonds is 7. The van der Waals surface area contributed by atoms with E-state index in [9.17, 15) is 4.79 Å². The second kappa shape index (κ2) is 7.16. The van der Waals surface area contributed by atoms with E-state index in [1.807, 2.05) is 13.8 Å². The molecule has 18 heavy (non-hydrogen) atoms. The minimum absolute atomic E-state index is 0.0169.